The van der Waals surface area contributed by atoms with Gasteiger partial charge in [-0.1, -0.05) is 212 Å². The van der Waals surface area contributed by atoms with E-state index in [1.54, 1.807) is 0 Å². The Morgan fingerprint density at radius 3 is 1.30 bits per heavy atom. The van der Waals surface area contributed by atoms with E-state index in [9.17, 15) is 14.3 Å². The van der Waals surface area contributed by atoms with Gasteiger partial charge in [0.1, 0.15) is 6.10 Å². The molecule has 0 heterocycles. The quantitative estimate of drug-likeness (QED) is 0.0270. The molecule has 0 radical (unpaired) electrons. The highest BCUT2D eigenvalue weighted by Crippen LogP contribution is 2.43. The number of carbonyl (C=O) groups excluding carboxylic acids is 1. The van der Waals surface area contributed by atoms with Gasteiger partial charge in [-0.3, -0.25) is 13.8 Å². The molecule has 0 saturated heterocycles. The first-order valence-corrected chi connectivity index (χ1v) is 25.7. The fourth-order valence-electron chi connectivity index (χ4n) is 7.11. The van der Waals surface area contributed by atoms with E-state index in [0.717, 1.165) is 44.9 Å². The minimum Gasteiger partial charge on any atom is -0.457 e. The number of allylic oxidation sites excluding steroid dienone is 2. The van der Waals surface area contributed by atoms with Crippen molar-refractivity contribution in [1.82, 2.24) is 0 Å². The zero-order valence-corrected chi connectivity index (χ0v) is 38.0. The number of nitrogens with two attached hydrogens (primary N) is 1. The summed E-state index contributed by atoms with van der Waals surface area (Å²) in [6.07, 6.45) is 49.6. The minimum absolute atomic E-state index is 0.0935. The summed E-state index contributed by atoms with van der Waals surface area (Å²) < 4.78 is 33.5. The Balaban J connectivity index is 3.91. The third-order valence-corrected chi connectivity index (χ3v) is 11.7. The molecule has 0 aromatic heterocycles. The molecule has 334 valence electrons. The Morgan fingerprint density at radius 2 is 0.893 bits per heavy atom. The molecule has 9 heteroatoms. The highest BCUT2D eigenvalue weighted by Gasteiger charge is 2.25. The molecule has 8 nitrogen and oxygen atoms in total. The van der Waals surface area contributed by atoms with Crippen LogP contribution in [0.25, 0.3) is 0 Å². The normalized spacial score (nSPS) is 13.4. The maximum absolute atomic E-state index is 12.6. The molecule has 0 aromatic carbocycles. The molecule has 0 aliphatic rings. The molecule has 0 saturated carbocycles. The smallest absolute Gasteiger partial charge is 0.457 e. The average molecular weight is 816 g/mol. The molecule has 0 rings (SSSR count). The highest BCUT2D eigenvalue weighted by atomic mass is 31.2. The van der Waals surface area contributed by atoms with E-state index in [4.69, 9.17) is 24.3 Å². The van der Waals surface area contributed by atoms with Gasteiger partial charge in [0.2, 0.25) is 0 Å². The molecular weight excluding hydrogens is 721 g/mol. The van der Waals surface area contributed by atoms with Crippen LogP contribution in [0.15, 0.2) is 12.2 Å². The Labute approximate surface area is 347 Å². The number of unbranched alkanes of at least 4 members (excludes halogenated alkanes) is 32. The van der Waals surface area contributed by atoms with Crippen LogP contribution in [0.5, 0.6) is 0 Å². The molecule has 0 spiro atoms. The van der Waals surface area contributed by atoms with Gasteiger partial charge in [0.05, 0.1) is 19.8 Å². The molecule has 0 aliphatic heterocycles. The third kappa shape index (κ3) is 44.3. The van der Waals surface area contributed by atoms with Crippen LogP contribution >= 0.6 is 7.82 Å². The molecule has 0 amide bonds. The average Bonchev–Trinajstić information content (AvgIpc) is 3.19. The molecular formula is C47H94NO7P. The predicted molar refractivity (Wildman–Crippen MR) is 238 cm³/mol. The van der Waals surface area contributed by atoms with E-state index < -0.39 is 13.9 Å². The van der Waals surface area contributed by atoms with Crippen LogP contribution in [0.3, 0.4) is 0 Å². The number of hydrogen-bond acceptors (Lipinski definition) is 7. The van der Waals surface area contributed by atoms with Crippen molar-refractivity contribution >= 4 is 13.8 Å². The van der Waals surface area contributed by atoms with Crippen molar-refractivity contribution in [3.05, 3.63) is 12.2 Å². The lowest BCUT2D eigenvalue weighted by atomic mass is 10.0. The molecule has 2 unspecified atom stereocenters. The molecule has 3 N–H and O–H groups in total. The highest BCUT2D eigenvalue weighted by molar-refractivity contribution is 7.47. The van der Waals surface area contributed by atoms with Crippen molar-refractivity contribution in [2.45, 2.75) is 251 Å². The van der Waals surface area contributed by atoms with E-state index in [0.29, 0.717) is 13.0 Å². The van der Waals surface area contributed by atoms with E-state index in [1.807, 2.05) is 0 Å². The van der Waals surface area contributed by atoms with Gasteiger partial charge in [-0.05, 0) is 38.5 Å². The van der Waals surface area contributed by atoms with Gasteiger partial charge in [0, 0.05) is 19.6 Å². The number of phosphoric acid groups is 1. The first-order chi connectivity index (χ1) is 27.4. The van der Waals surface area contributed by atoms with Crippen LogP contribution in [0.4, 0.5) is 0 Å². The standard InChI is InChI=1S/C47H94NO7P/c1-3-5-7-9-11-13-15-17-19-20-21-22-23-24-25-27-29-31-33-35-37-39-42-52-44-46(45-54-56(50,51)53-43-41-48)55-47(49)40-38-36-34-32-30-28-26-18-16-14-12-10-8-6-4-2/h18,26,46H,3-17,19-25,27-45,48H2,1-2H3,(H,50,51)/b26-18-. The van der Waals surface area contributed by atoms with Gasteiger partial charge in [-0.15, -0.1) is 0 Å². The predicted octanol–water partition coefficient (Wildman–Crippen LogP) is 14.6. The molecule has 0 fully saturated rings. The number of ether oxygens (including phenoxy) is 2. The van der Waals surface area contributed by atoms with Gasteiger partial charge in [0.15, 0.2) is 0 Å². The van der Waals surface area contributed by atoms with E-state index >= 15 is 0 Å². The summed E-state index contributed by atoms with van der Waals surface area (Å²) in [5.74, 6) is -0.333. The second kappa shape index (κ2) is 45.3. The summed E-state index contributed by atoms with van der Waals surface area (Å²) in [4.78, 5) is 22.5. The monoisotopic (exact) mass is 816 g/mol. The van der Waals surface area contributed by atoms with Crippen LogP contribution in [-0.4, -0.2) is 49.9 Å². The second-order valence-corrected chi connectivity index (χ2v) is 17.8. The lowest BCUT2D eigenvalue weighted by molar-refractivity contribution is -0.154. The summed E-state index contributed by atoms with van der Waals surface area (Å²) >= 11 is 0. The molecule has 2 atom stereocenters. The first kappa shape index (κ1) is 55.2. The van der Waals surface area contributed by atoms with Gasteiger partial charge in [-0.25, -0.2) is 4.57 Å². The first-order valence-electron chi connectivity index (χ1n) is 24.2. The fraction of sp³-hybridized carbons (Fsp3) is 0.936. The van der Waals surface area contributed by atoms with Crippen LogP contribution in [0.2, 0.25) is 0 Å². The van der Waals surface area contributed by atoms with Crippen molar-refractivity contribution in [2.75, 3.05) is 33.0 Å². The lowest BCUT2D eigenvalue weighted by Crippen LogP contribution is -2.28. The number of carbonyl (C=O) groups is 1. The Morgan fingerprint density at radius 1 is 0.518 bits per heavy atom. The van der Waals surface area contributed by atoms with Crippen molar-refractivity contribution < 1.29 is 32.8 Å². The molecule has 0 bridgehead atoms. The lowest BCUT2D eigenvalue weighted by Gasteiger charge is -2.20. The number of hydrogen-bond donors (Lipinski definition) is 2. The Kier molecular flexibility index (Phi) is 44.7. The van der Waals surface area contributed by atoms with Crippen LogP contribution in [0.1, 0.15) is 245 Å². The zero-order chi connectivity index (χ0) is 40.9. The van der Waals surface area contributed by atoms with Crippen LogP contribution in [0, 0.1) is 0 Å². The Hall–Kier alpha value is -0.760. The van der Waals surface area contributed by atoms with Crippen LogP contribution < -0.4 is 5.73 Å². The molecule has 0 aromatic rings. The number of rotatable bonds is 47. The van der Waals surface area contributed by atoms with Crippen molar-refractivity contribution in [3.63, 3.8) is 0 Å². The number of esters is 1. The summed E-state index contributed by atoms with van der Waals surface area (Å²) in [7, 11) is -4.28. The maximum Gasteiger partial charge on any atom is 0.472 e. The van der Waals surface area contributed by atoms with Crippen molar-refractivity contribution in [3.8, 4) is 0 Å². The van der Waals surface area contributed by atoms with Crippen LogP contribution in [-0.2, 0) is 27.9 Å². The van der Waals surface area contributed by atoms with Gasteiger partial charge in [-0.2, -0.15) is 0 Å². The largest absolute Gasteiger partial charge is 0.472 e. The van der Waals surface area contributed by atoms with Gasteiger partial charge >= 0.3 is 13.8 Å². The SMILES string of the molecule is CCCCCCCC/C=C\CCCCCCCC(=O)OC(COCCCCCCCCCCCCCCCCCCCCCCCC)COP(=O)(O)OCCN. The topological polar surface area (TPSA) is 117 Å². The zero-order valence-electron chi connectivity index (χ0n) is 37.1. The third-order valence-electron chi connectivity index (χ3n) is 10.7. The number of phosphoric ester groups is 1. The minimum atomic E-state index is -4.28. The van der Waals surface area contributed by atoms with E-state index in [-0.39, 0.29) is 32.3 Å². The second-order valence-electron chi connectivity index (χ2n) is 16.3. The van der Waals surface area contributed by atoms with E-state index in [1.165, 1.54) is 180 Å². The maximum atomic E-state index is 12.6. The van der Waals surface area contributed by atoms with Crippen molar-refractivity contribution in [1.29, 1.82) is 0 Å². The Bertz CT molecular complexity index is 873. The molecule has 0 aliphatic carbocycles. The summed E-state index contributed by atoms with van der Waals surface area (Å²) in [6.45, 7) is 4.96. The fourth-order valence-corrected chi connectivity index (χ4v) is 7.88. The summed E-state index contributed by atoms with van der Waals surface area (Å²) in [5, 5.41) is 0. The summed E-state index contributed by atoms with van der Waals surface area (Å²) in [5.41, 5.74) is 5.38. The van der Waals surface area contributed by atoms with E-state index in [2.05, 4.69) is 26.0 Å². The molecule has 56 heavy (non-hydrogen) atoms. The summed E-state index contributed by atoms with van der Waals surface area (Å²) in [6, 6.07) is 0. The van der Waals surface area contributed by atoms with Crippen molar-refractivity contribution in [2.24, 2.45) is 5.73 Å². The van der Waals surface area contributed by atoms with Gasteiger partial charge < -0.3 is 20.1 Å². The van der Waals surface area contributed by atoms with Gasteiger partial charge in [0.25, 0.3) is 0 Å².